The van der Waals surface area contributed by atoms with Crippen LogP contribution in [0.1, 0.15) is 1.43 Å². The van der Waals surface area contributed by atoms with Gasteiger partial charge in [0.1, 0.15) is 11.5 Å². The summed E-state index contributed by atoms with van der Waals surface area (Å²) in [6, 6.07) is 12.1. The number of terminal acetylenes is 3. The summed E-state index contributed by atoms with van der Waals surface area (Å²) >= 11 is 2.89. The Labute approximate surface area is 438 Å². The number of benzene rings is 3. The van der Waals surface area contributed by atoms with Gasteiger partial charge in [0.2, 0.25) is 30.1 Å². The van der Waals surface area contributed by atoms with E-state index in [4.69, 9.17) is 67.4 Å². The van der Waals surface area contributed by atoms with Gasteiger partial charge in [-0.25, -0.2) is 53.8 Å². The Morgan fingerprint density at radius 3 is 1.41 bits per heavy atom. The largest absolute Gasteiger partial charge is 1.00 e. The van der Waals surface area contributed by atoms with Gasteiger partial charge >= 0.3 is 109 Å². The van der Waals surface area contributed by atoms with Crippen LogP contribution in [0.25, 0.3) is 9.69 Å². The number of carbonyl (C=O) groups excluding carboxylic acids is 1. The van der Waals surface area contributed by atoms with Crippen LogP contribution in [0.5, 0.6) is 17.2 Å². The summed E-state index contributed by atoms with van der Waals surface area (Å²) in [6.07, 6.45) is 15.2. The molecule has 20 nitrogen and oxygen atoms in total. The number of nitrogens with zero attached hydrogens (tertiary/aromatic N) is 2. The van der Waals surface area contributed by atoms with Crippen LogP contribution < -0.4 is 149 Å². The van der Waals surface area contributed by atoms with E-state index >= 15 is 0 Å². The summed E-state index contributed by atoms with van der Waals surface area (Å²) in [5.41, 5.74) is 1.91. The van der Waals surface area contributed by atoms with Crippen molar-refractivity contribution in [2.45, 2.75) is 14.7 Å². The molecule has 0 aliphatic carbocycles. The fourth-order valence-corrected chi connectivity index (χ4v) is 4.91. The first-order valence-electron chi connectivity index (χ1n) is 14.6. The van der Waals surface area contributed by atoms with Crippen molar-refractivity contribution in [2.75, 3.05) is 54.9 Å². The number of sulfonamides is 3. The number of aromatic hydroxyl groups is 1. The monoisotopic (exact) mass is 990 g/mol. The molecule has 0 atom stereocenters. The zero-order valence-corrected chi connectivity index (χ0v) is 42.0. The second-order valence-electron chi connectivity index (χ2n) is 9.41. The molecule has 0 saturated carbocycles. The number of primary sulfonamides is 3. The van der Waals surface area contributed by atoms with Crippen molar-refractivity contribution >= 4 is 69.5 Å². The quantitative estimate of drug-likeness (QED) is 0.00971. The van der Waals surface area contributed by atoms with E-state index in [1.807, 2.05) is 0 Å². The molecule has 26 heteroatoms. The zero-order chi connectivity index (χ0) is 44.1. The van der Waals surface area contributed by atoms with Crippen LogP contribution in [-0.2, 0) is 39.8 Å². The number of anilines is 3. The van der Waals surface area contributed by atoms with Crippen molar-refractivity contribution in [1.29, 1.82) is 0 Å². The molecule has 0 radical (unpaired) electrons. The third-order valence-electron chi connectivity index (χ3n) is 5.61. The maximum Gasteiger partial charge on any atom is 1.00 e. The van der Waals surface area contributed by atoms with E-state index in [2.05, 4.69) is 64.2 Å². The first kappa shape index (κ1) is 62.7. The van der Waals surface area contributed by atoms with Crippen LogP contribution in [0.2, 0.25) is 0 Å². The van der Waals surface area contributed by atoms with Crippen LogP contribution in [0.4, 0.5) is 17.1 Å². The number of ether oxygens (including phenoxy) is 2. The SMILES string of the molecule is C#CCNc1ccc(S(N)(=O)=O)cc1O.C#CCNc1ccc(S(N)(=O)=O)cc1OC.O=CO[O-].[C-]#[N+]CBr.[C-]#[N+]COc1cc(S(N)(=O)=O)ccc1NCC#C.[H-].[K+].[K+]. The molecule has 0 saturated heterocycles. The Morgan fingerprint density at radius 2 is 1.10 bits per heavy atom. The molecule has 308 valence electrons. The zero-order valence-electron chi connectivity index (χ0n) is 32.7. The summed E-state index contributed by atoms with van der Waals surface area (Å²) in [6.45, 7) is 13.1. The topological polar surface area (TPSA) is 313 Å². The number of nitrogens with one attached hydrogen (secondary N) is 3. The minimum absolute atomic E-state index is 0. The van der Waals surface area contributed by atoms with E-state index in [0.717, 1.165) is 6.07 Å². The first-order valence-corrected chi connectivity index (χ1v) is 20.3. The minimum atomic E-state index is -3.81. The Hall–Kier alpha value is -2.97. The van der Waals surface area contributed by atoms with Crippen molar-refractivity contribution in [3.8, 4) is 54.3 Å². The van der Waals surface area contributed by atoms with E-state index in [9.17, 15) is 30.4 Å². The Bertz CT molecular complexity index is 2330. The summed E-state index contributed by atoms with van der Waals surface area (Å²) in [5.74, 6) is 7.48. The molecule has 0 aromatic heterocycles. The van der Waals surface area contributed by atoms with E-state index in [1.54, 1.807) is 6.07 Å². The Kier molecular flexibility index (Phi) is 36.9. The molecule has 10 N–H and O–H groups in total. The summed E-state index contributed by atoms with van der Waals surface area (Å²) in [4.78, 5) is 16.9. The molecular weight excluding hydrogens is 955 g/mol. The number of methoxy groups -OCH3 is 1. The van der Waals surface area contributed by atoms with Gasteiger partial charge in [-0.3, -0.25) is 9.64 Å². The van der Waals surface area contributed by atoms with Gasteiger partial charge in [0.15, 0.2) is 5.75 Å². The van der Waals surface area contributed by atoms with Crippen molar-refractivity contribution in [2.24, 2.45) is 15.4 Å². The van der Waals surface area contributed by atoms with Gasteiger partial charge in [-0.15, -0.1) is 19.3 Å². The molecule has 59 heavy (non-hydrogen) atoms. The molecule has 0 fully saturated rings. The van der Waals surface area contributed by atoms with Gasteiger partial charge in [-0.05, 0) is 36.4 Å². The van der Waals surface area contributed by atoms with Crippen molar-refractivity contribution in [3.63, 3.8) is 0 Å². The fraction of sp³-hybridized carbons (Fsp3) is 0.182. The van der Waals surface area contributed by atoms with Crippen LogP contribution >= 0.6 is 15.9 Å². The Morgan fingerprint density at radius 1 is 0.763 bits per heavy atom. The number of hydrogen-bond acceptors (Lipinski definition) is 15. The van der Waals surface area contributed by atoms with Crippen molar-refractivity contribution in [1.82, 2.24) is 0 Å². The van der Waals surface area contributed by atoms with Gasteiger partial charge in [0.25, 0.3) is 11.9 Å². The number of phenols is 1. The predicted octanol–water partition coefficient (Wildman–Crippen LogP) is -5.08. The number of halogens is 1. The molecule has 3 aromatic carbocycles. The van der Waals surface area contributed by atoms with Gasteiger partial charge < -0.3 is 46.9 Å². The second-order valence-corrected chi connectivity index (χ2v) is 14.6. The van der Waals surface area contributed by atoms with Crippen LogP contribution in [0.3, 0.4) is 0 Å². The van der Waals surface area contributed by atoms with Crippen molar-refractivity contribution < 1.29 is 159 Å². The summed E-state index contributed by atoms with van der Waals surface area (Å²) < 4.78 is 76.6. The summed E-state index contributed by atoms with van der Waals surface area (Å²) in [5, 5.41) is 41.2. The maximum absolute atomic E-state index is 11.2. The van der Waals surface area contributed by atoms with Crippen molar-refractivity contribution in [3.05, 3.63) is 77.4 Å². The number of alkyl halides is 1. The number of phenolic OH excluding ortho intramolecular Hbond substituents is 1. The molecule has 0 aliphatic rings. The number of carbonyl (C=O) groups is 1. The normalized spacial score (nSPS) is 9.37. The average molecular weight is 992 g/mol. The van der Waals surface area contributed by atoms with Gasteiger partial charge in [-0.2, -0.15) is 0 Å². The van der Waals surface area contributed by atoms with Gasteiger partial charge in [-0.1, -0.05) is 17.8 Å². The van der Waals surface area contributed by atoms with Crippen LogP contribution in [-0.4, -0.2) is 75.8 Å². The second kappa shape index (κ2) is 34.7. The molecule has 0 bridgehead atoms. The number of nitrogens with two attached hydrogens (primary N) is 3. The third kappa shape index (κ3) is 28.2. The molecule has 3 aromatic rings. The molecule has 0 spiro atoms. The van der Waals surface area contributed by atoms with E-state index in [1.165, 1.54) is 49.6 Å². The van der Waals surface area contributed by atoms with E-state index in [0.29, 0.717) is 34.8 Å². The smallest absolute Gasteiger partial charge is 1.00 e. The van der Waals surface area contributed by atoms with E-state index in [-0.39, 0.29) is 157 Å². The first-order chi connectivity index (χ1) is 26.7. The van der Waals surface area contributed by atoms with Gasteiger partial charge in [0.05, 0.1) is 58.5 Å². The maximum atomic E-state index is 11.2. The number of rotatable bonds is 13. The van der Waals surface area contributed by atoms with Crippen LogP contribution in [0, 0.1) is 50.2 Å². The Balaban J connectivity index is -0.000000226. The molecule has 0 aliphatic heterocycles. The predicted molar refractivity (Wildman–Crippen MR) is 214 cm³/mol. The molecule has 0 unspecified atom stereocenters. The van der Waals surface area contributed by atoms with Crippen LogP contribution in [0.15, 0.2) is 69.3 Å². The number of hydrogen-bond donors (Lipinski definition) is 7. The fourth-order valence-electron chi connectivity index (χ4n) is 3.32. The van der Waals surface area contributed by atoms with Gasteiger partial charge in [0, 0.05) is 34.1 Å². The molecule has 3 rings (SSSR count). The molecule has 0 heterocycles. The summed E-state index contributed by atoms with van der Waals surface area (Å²) in [7, 11) is -9.89. The molecule has 0 amide bonds. The minimum Gasteiger partial charge on any atom is -1.00 e. The average Bonchev–Trinajstić information content (AvgIpc) is 3.17. The molecular formula is C33H37BrK2N8O12S3. The van der Waals surface area contributed by atoms with E-state index < -0.39 is 30.1 Å². The third-order valence-corrected chi connectivity index (χ3v) is 8.59. The standard InChI is InChI=1S/C11H11N3O3S.C10H12N2O3S.C9H10N2O3S.C2H2BrN.CH2O3.2K.H/c1-3-6-14-10-5-4-9(18(12,15)16)7-11(10)17-8-13-2;1-3-6-12-9-5-4-8(16(11,13)14)7-10(9)15-2;1-2-5-11-8-4-3-7(6-9(8)12)15(10,13)14;1-4-2-3;2-1-4-3;;;/h1,4-5,7,14H,6,8H2,(H2,12,15,16);1,4-5,7,12H,6H2,2H3,(H2,11,13,14);1,3-4,6,11-12H,5H2,(H2,10,13,14);2H2;1,3H;;;/q;;;;;2*+1;-1/p-1.